The van der Waals surface area contributed by atoms with Crippen LogP contribution >= 0.6 is 0 Å². The van der Waals surface area contributed by atoms with Crippen molar-refractivity contribution < 1.29 is 13.2 Å². The largest absolute Gasteiger partial charge is 0.494 e. The van der Waals surface area contributed by atoms with E-state index in [1.165, 1.54) is 0 Å². The minimum atomic E-state index is -2.83. The third kappa shape index (κ3) is 4.22. The van der Waals surface area contributed by atoms with Crippen LogP contribution in [0.15, 0.2) is 18.2 Å². The topological polar surface area (TPSA) is 84.4 Å². The van der Waals surface area contributed by atoms with Crippen LogP contribution < -0.4 is 15.0 Å². The second-order valence-electron chi connectivity index (χ2n) is 7.75. The van der Waals surface area contributed by atoms with Crippen molar-refractivity contribution in [2.24, 2.45) is 0 Å². The van der Waals surface area contributed by atoms with Gasteiger partial charge >= 0.3 is 0 Å². The molecule has 8 heteroatoms. The zero-order chi connectivity index (χ0) is 19.7. The molecule has 1 aromatic carbocycles. The maximum atomic E-state index is 11.6. The summed E-state index contributed by atoms with van der Waals surface area (Å²) in [6.07, 6.45) is 2.68. The van der Waals surface area contributed by atoms with Gasteiger partial charge < -0.3 is 15.0 Å². The number of rotatable bonds is 5. The molecule has 1 aromatic heterocycles. The maximum absolute atomic E-state index is 11.6. The fourth-order valence-electron chi connectivity index (χ4n) is 4.15. The van der Waals surface area contributed by atoms with E-state index in [1.807, 2.05) is 32.0 Å². The van der Waals surface area contributed by atoms with E-state index in [2.05, 4.69) is 10.2 Å². The van der Waals surface area contributed by atoms with E-state index < -0.39 is 9.84 Å². The molecule has 2 aliphatic rings. The predicted octanol–water partition coefficient (Wildman–Crippen LogP) is 2.08. The first-order valence-corrected chi connectivity index (χ1v) is 11.9. The van der Waals surface area contributed by atoms with Gasteiger partial charge in [0.2, 0.25) is 5.95 Å². The summed E-state index contributed by atoms with van der Waals surface area (Å²) in [4.78, 5) is 11.7. The summed E-state index contributed by atoms with van der Waals surface area (Å²) in [5, 5.41) is 4.57. The van der Waals surface area contributed by atoms with Crippen molar-refractivity contribution in [1.29, 1.82) is 0 Å². The first kappa shape index (κ1) is 19.4. The van der Waals surface area contributed by atoms with Crippen LogP contribution in [0.1, 0.15) is 31.9 Å². The first-order valence-electron chi connectivity index (χ1n) is 10.1. The van der Waals surface area contributed by atoms with Crippen LogP contribution in [0.25, 0.3) is 10.9 Å². The monoisotopic (exact) mass is 404 g/mol. The number of aryl methyl sites for hydroxylation is 1. The summed E-state index contributed by atoms with van der Waals surface area (Å²) in [6.45, 7) is 6.37. The summed E-state index contributed by atoms with van der Waals surface area (Å²) in [7, 11) is -2.83. The summed E-state index contributed by atoms with van der Waals surface area (Å²) in [5.74, 6) is 2.22. The van der Waals surface area contributed by atoms with Gasteiger partial charge in [-0.3, -0.25) is 0 Å². The predicted molar refractivity (Wildman–Crippen MR) is 111 cm³/mol. The zero-order valence-electron chi connectivity index (χ0n) is 16.5. The molecule has 1 atom stereocenters. The fourth-order valence-corrected chi connectivity index (χ4v) is 5.84. The highest BCUT2D eigenvalue weighted by molar-refractivity contribution is 7.91. The normalized spacial score (nSPS) is 22.6. The molecular weight excluding hydrogens is 376 g/mol. The number of anilines is 1. The van der Waals surface area contributed by atoms with E-state index in [4.69, 9.17) is 14.7 Å². The molecule has 28 heavy (non-hydrogen) atoms. The molecule has 4 rings (SSSR count). The van der Waals surface area contributed by atoms with Crippen LogP contribution in [0.5, 0.6) is 5.75 Å². The van der Waals surface area contributed by atoms with Crippen LogP contribution in [-0.2, 0) is 9.84 Å². The standard InChI is InChI=1S/C20H28N4O3S/c1-3-27-17-4-5-19-18(12-17)14(2)21-20(23-19)24-9-6-15(7-10-24)22-16-8-11-28(25,26)13-16/h4-5,12,15-16,22H,3,6-11,13H2,1-2H3/t16-/m1/s1. The van der Waals surface area contributed by atoms with Crippen molar-refractivity contribution >= 4 is 26.7 Å². The number of nitrogens with one attached hydrogen (secondary N) is 1. The first-order chi connectivity index (χ1) is 13.4. The Labute approximate surface area is 166 Å². The molecule has 3 heterocycles. The Morgan fingerprint density at radius 1 is 1.18 bits per heavy atom. The molecule has 0 unspecified atom stereocenters. The van der Waals surface area contributed by atoms with E-state index in [1.54, 1.807) is 0 Å². The summed E-state index contributed by atoms with van der Waals surface area (Å²) in [5.41, 5.74) is 1.89. The number of piperidine rings is 1. The number of hydrogen-bond donors (Lipinski definition) is 1. The van der Waals surface area contributed by atoms with Gasteiger partial charge in [0.25, 0.3) is 0 Å². The number of sulfone groups is 1. The van der Waals surface area contributed by atoms with Gasteiger partial charge in [0.1, 0.15) is 5.75 Å². The highest BCUT2D eigenvalue weighted by Crippen LogP contribution is 2.25. The van der Waals surface area contributed by atoms with E-state index in [9.17, 15) is 8.42 Å². The Hall–Kier alpha value is -1.93. The van der Waals surface area contributed by atoms with Gasteiger partial charge in [0.15, 0.2) is 9.84 Å². The number of hydrogen-bond acceptors (Lipinski definition) is 7. The Morgan fingerprint density at radius 3 is 2.64 bits per heavy atom. The number of nitrogens with zero attached hydrogens (tertiary/aromatic N) is 3. The van der Waals surface area contributed by atoms with E-state index in [-0.39, 0.29) is 11.8 Å². The molecule has 2 aliphatic heterocycles. The number of aromatic nitrogens is 2. The van der Waals surface area contributed by atoms with Crippen molar-refractivity contribution in [2.45, 2.75) is 45.2 Å². The van der Waals surface area contributed by atoms with Gasteiger partial charge in [-0.05, 0) is 51.3 Å². The Morgan fingerprint density at radius 2 is 1.96 bits per heavy atom. The molecule has 0 saturated carbocycles. The average molecular weight is 405 g/mol. The summed E-state index contributed by atoms with van der Waals surface area (Å²) >= 11 is 0. The van der Waals surface area contributed by atoms with Crippen molar-refractivity contribution in [3.8, 4) is 5.75 Å². The molecule has 0 spiro atoms. The van der Waals surface area contributed by atoms with Crippen molar-refractivity contribution in [2.75, 3.05) is 36.1 Å². The summed E-state index contributed by atoms with van der Waals surface area (Å²) < 4.78 is 28.9. The smallest absolute Gasteiger partial charge is 0.226 e. The van der Waals surface area contributed by atoms with Crippen LogP contribution in [0.2, 0.25) is 0 Å². The van der Waals surface area contributed by atoms with E-state index >= 15 is 0 Å². The molecule has 2 saturated heterocycles. The molecule has 7 nitrogen and oxygen atoms in total. The molecule has 0 bridgehead atoms. The molecule has 0 amide bonds. The number of fused-ring (bicyclic) bond motifs is 1. The van der Waals surface area contributed by atoms with Crippen LogP contribution in [-0.4, -0.2) is 61.7 Å². The highest BCUT2D eigenvalue weighted by atomic mass is 32.2. The quantitative estimate of drug-likeness (QED) is 0.817. The zero-order valence-corrected chi connectivity index (χ0v) is 17.3. The third-order valence-electron chi connectivity index (χ3n) is 5.64. The highest BCUT2D eigenvalue weighted by Gasteiger charge is 2.30. The minimum Gasteiger partial charge on any atom is -0.494 e. The molecule has 0 aliphatic carbocycles. The molecule has 152 valence electrons. The molecule has 1 N–H and O–H groups in total. The molecular formula is C20H28N4O3S. The lowest BCUT2D eigenvalue weighted by molar-refractivity contribution is 0.340. The molecule has 2 aromatic rings. The lowest BCUT2D eigenvalue weighted by atomic mass is 10.0. The molecule has 2 fully saturated rings. The minimum absolute atomic E-state index is 0.111. The van der Waals surface area contributed by atoms with Gasteiger partial charge in [-0.25, -0.2) is 18.4 Å². The van der Waals surface area contributed by atoms with E-state index in [0.717, 1.165) is 60.6 Å². The second kappa shape index (κ2) is 7.83. The molecule has 0 radical (unpaired) electrons. The number of benzene rings is 1. The van der Waals surface area contributed by atoms with Gasteiger partial charge in [0, 0.05) is 30.6 Å². The fraction of sp³-hybridized carbons (Fsp3) is 0.600. The maximum Gasteiger partial charge on any atom is 0.226 e. The Balaban J connectivity index is 1.41. The second-order valence-corrected chi connectivity index (χ2v) is 9.98. The lowest BCUT2D eigenvalue weighted by Gasteiger charge is -2.34. The Kier molecular flexibility index (Phi) is 5.42. The van der Waals surface area contributed by atoms with E-state index in [0.29, 0.717) is 18.4 Å². The third-order valence-corrected chi connectivity index (χ3v) is 7.41. The van der Waals surface area contributed by atoms with Gasteiger partial charge in [0.05, 0.1) is 29.3 Å². The van der Waals surface area contributed by atoms with Crippen LogP contribution in [0, 0.1) is 6.92 Å². The summed E-state index contributed by atoms with van der Waals surface area (Å²) in [6, 6.07) is 6.43. The number of ether oxygens (including phenoxy) is 1. The van der Waals surface area contributed by atoms with Crippen LogP contribution in [0.4, 0.5) is 5.95 Å². The lowest BCUT2D eigenvalue weighted by Crippen LogP contribution is -2.47. The van der Waals surface area contributed by atoms with Crippen LogP contribution in [0.3, 0.4) is 0 Å². The van der Waals surface area contributed by atoms with Crippen molar-refractivity contribution in [1.82, 2.24) is 15.3 Å². The van der Waals surface area contributed by atoms with Crippen molar-refractivity contribution in [3.63, 3.8) is 0 Å². The SMILES string of the molecule is CCOc1ccc2nc(N3CCC(N[C@@H]4CCS(=O)(=O)C4)CC3)nc(C)c2c1. The van der Waals surface area contributed by atoms with Gasteiger partial charge in [-0.2, -0.15) is 0 Å². The van der Waals surface area contributed by atoms with Crippen molar-refractivity contribution in [3.05, 3.63) is 23.9 Å². The Bertz CT molecular complexity index is 955. The van der Waals surface area contributed by atoms with Gasteiger partial charge in [-0.15, -0.1) is 0 Å². The van der Waals surface area contributed by atoms with Gasteiger partial charge in [-0.1, -0.05) is 0 Å². The average Bonchev–Trinajstić information content (AvgIpc) is 3.01.